The summed E-state index contributed by atoms with van der Waals surface area (Å²) in [6.07, 6.45) is 2.45. The lowest BCUT2D eigenvalue weighted by Gasteiger charge is -2.19. The lowest BCUT2D eigenvalue weighted by Crippen LogP contribution is -2.11. The van der Waals surface area contributed by atoms with E-state index in [1.165, 1.54) is 0 Å². The van der Waals surface area contributed by atoms with Crippen LogP contribution in [0.2, 0.25) is 0 Å². The van der Waals surface area contributed by atoms with Crippen LogP contribution in [0.25, 0.3) is 5.57 Å². The van der Waals surface area contributed by atoms with Gasteiger partial charge in [0.15, 0.2) is 5.78 Å². The number of hydrogen-bond donors (Lipinski definition) is 0. The standard InChI is InChI=1S/C14H11ClO2/c1-17-8-6-11-13(12(15)7-8)9-4-2-3-5-10(9)14(11)16/h2-6,12H,7H2,1H3. The maximum atomic E-state index is 12.2. The summed E-state index contributed by atoms with van der Waals surface area (Å²) in [6, 6.07) is 7.61. The Labute approximate surface area is 105 Å². The van der Waals surface area contributed by atoms with Crippen LogP contribution in [0.15, 0.2) is 41.7 Å². The minimum atomic E-state index is -0.183. The molecule has 2 nitrogen and oxygen atoms in total. The third kappa shape index (κ3) is 1.44. The summed E-state index contributed by atoms with van der Waals surface area (Å²) in [5, 5.41) is -0.183. The minimum absolute atomic E-state index is 0.0514. The number of benzene rings is 1. The van der Waals surface area contributed by atoms with Gasteiger partial charge in [0.2, 0.25) is 0 Å². The van der Waals surface area contributed by atoms with Crippen molar-refractivity contribution in [1.82, 2.24) is 0 Å². The number of ketones is 1. The zero-order valence-corrected chi connectivity index (χ0v) is 10.1. The Hall–Kier alpha value is -1.54. The van der Waals surface area contributed by atoms with E-state index in [1.54, 1.807) is 7.11 Å². The van der Waals surface area contributed by atoms with Crippen molar-refractivity contribution in [2.24, 2.45) is 0 Å². The summed E-state index contributed by atoms with van der Waals surface area (Å²) >= 11 is 6.35. The fraction of sp³-hybridized carbons (Fsp3) is 0.214. The van der Waals surface area contributed by atoms with Gasteiger partial charge in [-0.2, -0.15) is 0 Å². The minimum Gasteiger partial charge on any atom is -0.501 e. The van der Waals surface area contributed by atoms with Crippen molar-refractivity contribution in [3.8, 4) is 0 Å². The molecule has 0 fully saturated rings. The number of carbonyl (C=O) groups excluding carboxylic acids is 1. The molecule has 2 aliphatic rings. The van der Waals surface area contributed by atoms with Gasteiger partial charge in [0.1, 0.15) is 0 Å². The van der Waals surface area contributed by atoms with E-state index in [0.29, 0.717) is 12.0 Å². The Balaban J connectivity index is 2.21. The average molecular weight is 247 g/mol. The molecule has 86 valence electrons. The molecule has 0 N–H and O–H groups in total. The Morgan fingerprint density at radius 1 is 1.29 bits per heavy atom. The molecule has 0 bridgehead atoms. The number of methoxy groups -OCH3 is 1. The molecule has 1 aromatic rings. The molecule has 0 heterocycles. The SMILES string of the molecule is COC1=CC2=C(c3ccccc3C2=O)C(Cl)C1. The van der Waals surface area contributed by atoms with Crippen molar-refractivity contribution in [3.63, 3.8) is 0 Å². The molecule has 2 aliphatic carbocycles. The largest absolute Gasteiger partial charge is 0.501 e. The molecule has 0 radical (unpaired) electrons. The predicted octanol–water partition coefficient (Wildman–Crippen LogP) is 3.18. The van der Waals surface area contributed by atoms with E-state index in [9.17, 15) is 4.79 Å². The van der Waals surface area contributed by atoms with Crippen LogP contribution in [-0.4, -0.2) is 18.3 Å². The summed E-state index contributed by atoms with van der Waals surface area (Å²) in [4.78, 5) is 12.2. The number of ether oxygens (including phenoxy) is 1. The van der Waals surface area contributed by atoms with Crippen LogP contribution in [0.5, 0.6) is 0 Å². The van der Waals surface area contributed by atoms with Gasteiger partial charge in [-0.15, -0.1) is 11.6 Å². The molecular formula is C14H11ClO2. The number of Topliss-reactive ketones (excluding diaryl/α,β-unsaturated/α-hetero) is 1. The van der Waals surface area contributed by atoms with Gasteiger partial charge in [0, 0.05) is 17.6 Å². The molecule has 3 heteroatoms. The van der Waals surface area contributed by atoms with Crippen LogP contribution in [0.3, 0.4) is 0 Å². The number of halogens is 1. The Morgan fingerprint density at radius 3 is 2.71 bits per heavy atom. The second-order valence-corrected chi connectivity index (χ2v) is 4.72. The molecule has 0 saturated heterocycles. The van der Waals surface area contributed by atoms with E-state index >= 15 is 0 Å². The summed E-state index contributed by atoms with van der Waals surface area (Å²) in [6.45, 7) is 0. The number of hydrogen-bond acceptors (Lipinski definition) is 2. The van der Waals surface area contributed by atoms with Crippen molar-refractivity contribution in [1.29, 1.82) is 0 Å². The van der Waals surface area contributed by atoms with Crippen molar-refractivity contribution >= 4 is 23.0 Å². The second kappa shape index (κ2) is 3.74. The molecule has 1 aromatic carbocycles. The zero-order chi connectivity index (χ0) is 12.0. The first-order valence-electron chi connectivity index (χ1n) is 5.49. The smallest absolute Gasteiger partial charge is 0.194 e. The van der Waals surface area contributed by atoms with Crippen molar-refractivity contribution in [3.05, 3.63) is 52.8 Å². The van der Waals surface area contributed by atoms with Crippen LogP contribution in [0, 0.1) is 0 Å². The first kappa shape index (κ1) is 10.6. The number of carbonyl (C=O) groups is 1. The molecule has 0 saturated carbocycles. The second-order valence-electron chi connectivity index (χ2n) is 4.19. The van der Waals surface area contributed by atoms with E-state index in [-0.39, 0.29) is 11.2 Å². The zero-order valence-electron chi connectivity index (χ0n) is 9.37. The molecule has 1 atom stereocenters. The van der Waals surface area contributed by atoms with Crippen LogP contribution in [0.1, 0.15) is 22.3 Å². The van der Waals surface area contributed by atoms with Gasteiger partial charge >= 0.3 is 0 Å². The molecule has 17 heavy (non-hydrogen) atoms. The first-order chi connectivity index (χ1) is 8.22. The highest BCUT2D eigenvalue weighted by atomic mass is 35.5. The van der Waals surface area contributed by atoms with Gasteiger partial charge < -0.3 is 4.74 Å². The van der Waals surface area contributed by atoms with Crippen LogP contribution < -0.4 is 0 Å². The van der Waals surface area contributed by atoms with Crippen molar-refractivity contribution < 1.29 is 9.53 Å². The van der Waals surface area contributed by atoms with Crippen molar-refractivity contribution in [2.45, 2.75) is 11.8 Å². The molecule has 0 amide bonds. The fourth-order valence-corrected chi connectivity index (χ4v) is 2.84. The fourth-order valence-electron chi connectivity index (χ4n) is 2.45. The topological polar surface area (TPSA) is 26.3 Å². The van der Waals surface area contributed by atoms with Gasteiger partial charge in [0.05, 0.1) is 18.2 Å². The van der Waals surface area contributed by atoms with Gasteiger partial charge in [-0.05, 0) is 17.2 Å². The average Bonchev–Trinajstić information content (AvgIpc) is 2.64. The Kier molecular flexibility index (Phi) is 2.33. The molecule has 0 spiro atoms. The van der Waals surface area contributed by atoms with E-state index in [1.807, 2.05) is 30.3 Å². The van der Waals surface area contributed by atoms with Gasteiger partial charge in [-0.3, -0.25) is 4.79 Å². The highest BCUT2D eigenvalue weighted by Crippen LogP contribution is 2.42. The monoisotopic (exact) mass is 246 g/mol. The van der Waals surface area contributed by atoms with E-state index < -0.39 is 0 Å². The van der Waals surface area contributed by atoms with Crippen LogP contribution in [0.4, 0.5) is 0 Å². The van der Waals surface area contributed by atoms with E-state index in [4.69, 9.17) is 16.3 Å². The third-order valence-electron chi connectivity index (χ3n) is 3.26. The number of fused-ring (bicyclic) bond motifs is 2. The molecule has 1 unspecified atom stereocenters. The lowest BCUT2D eigenvalue weighted by molar-refractivity contribution is 0.104. The Bertz CT molecular complexity index is 569. The Morgan fingerprint density at radius 2 is 2.00 bits per heavy atom. The number of alkyl halides is 1. The maximum Gasteiger partial charge on any atom is 0.194 e. The van der Waals surface area contributed by atoms with Gasteiger partial charge in [-0.1, -0.05) is 24.3 Å². The highest BCUT2D eigenvalue weighted by Gasteiger charge is 2.35. The molecular weight excluding hydrogens is 236 g/mol. The van der Waals surface area contributed by atoms with Crippen LogP contribution >= 0.6 is 11.6 Å². The summed E-state index contributed by atoms with van der Waals surface area (Å²) < 4.78 is 5.21. The molecule has 0 aliphatic heterocycles. The predicted molar refractivity (Wildman–Crippen MR) is 67.0 cm³/mol. The van der Waals surface area contributed by atoms with E-state index in [2.05, 4.69) is 0 Å². The maximum absolute atomic E-state index is 12.2. The summed E-state index contributed by atoms with van der Waals surface area (Å²) in [7, 11) is 1.60. The number of rotatable bonds is 1. The third-order valence-corrected chi connectivity index (χ3v) is 3.63. The number of allylic oxidation sites excluding steroid dienone is 4. The summed E-state index contributed by atoms with van der Waals surface area (Å²) in [5.74, 6) is 0.820. The molecule has 3 rings (SSSR count). The van der Waals surface area contributed by atoms with Crippen LogP contribution in [-0.2, 0) is 4.74 Å². The summed E-state index contributed by atoms with van der Waals surface area (Å²) in [5.41, 5.74) is 3.36. The highest BCUT2D eigenvalue weighted by molar-refractivity contribution is 6.33. The van der Waals surface area contributed by atoms with Gasteiger partial charge in [-0.25, -0.2) is 0 Å². The van der Waals surface area contributed by atoms with Gasteiger partial charge in [0.25, 0.3) is 0 Å². The lowest BCUT2D eigenvalue weighted by atomic mass is 9.95. The quantitative estimate of drug-likeness (QED) is 0.712. The van der Waals surface area contributed by atoms with E-state index in [0.717, 1.165) is 22.5 Å². The normalized spacial score (nSPS) is 22.1. The van der Waals surface area contributed by atoms with Crippen molar-refractivity contribution in [2.75, 3.05) is 7.11 Å². The molecule has 0 aromatic heterocycles. The first-order valence-corrected chi connectivity index (χ1v) is 5.93.